The molecule has 2 heterocycles. The number of unbranched alkanes of at least 4 members (excludes halogenated alkanes) is 2. The Hall–Kier alpha value is -0.120. The molecule has 2 N–H and O–H groups in total. The van der Waals surface area contributed by atoms with Crippen molar-refractivity contribution in [2.45, 2.75) is 32.2 Å². The summed E-state index contributed by atoms with van der Waals surface area (Å²) in [4.78, 5) is 2.65. The van der Waals surface area contributed by atoms with E-state index in [1.807, 2.05) is 0 Å². The van der Waals surface area contributed by atoms with Crippen molar-refractivity contribution in [1.29, 1.82) is 0 Å². The lowest BCUT2D eigenvalue weighted by atomic mass is 9.95. The summed E-state index contributed by atoms with van der Waals surface area (Å²) < 4.78 is 0. The lowest BCUT2D eigenvalue weighted by molar-refractivity contribution is 0.228. The average Bonchev–Trinajstić information content (AvgIpc) is 2.78. The van der Waals surface area contributed by atoms with Gasteiger partial charge >= 0.3 is 0 Å². The standard InChI is InChI=1S/C12H24N2O/c1-10-12-8-13-7-11(12)9-14(10)5-3-2-4-6-15/h10-13,15H,2-9H2,1H3. The third kappa shape index (κ3) is 2.52. The van der Waals surface area contributed by atoms with Gasteiger partial charge in [-0.15, -0.1) is 0 Å². The van der Waals surface area contributed by atoms with Crippen LogP contribution >= 0.6 is 0 Å². The molecule has 0 aromatic rings. The van der Waals surface area contributed by atoms with Crippen molar-refractivity contribution in [3.63, 3.8) is 0 Å². The molecule has 0 spiro atoms. The first-order valence-corrected chi connectivity index (χ1v) is 6.38. The molecule has 88 valence electrons. The van der Waals surface area contributed by atoms with E-state index in [4.69, 9.17) is 5.11 Å². The molecule has 3 nitrogen and oxygen atoms in total. The second-order valence-corrected chi connectivity index (χ2v) is 5.10. The molecule has 2 fully saturated rings. The third-order valence-electron chi connectivity index (χ3n) is 4.16. The number of aliphatic hydroxyl groups is 1. The van der Waals surface area contributed by atoms with E-state index in [1.165, 1.54) is 39.0 Å². The van der Waals surface area contributed by atoms with Gasteiger partial charge < -0.3 is 10.4 Å². The van der Waals surface area contributed by atoms with Crippen LogP contribution in [0.4, 0.5) is 0 Å². The van der Waals surface area contributed by atoms with Crippen molar-refractivity contribution in [3.05, 3.63) is 0 Å². The molecule has 0 aliphatic carbocycles. The second-order valence-electron chi connectivity index (χ2n) is 5.10. The second kappa shape index (κ2) is 5.28. The lowest BCUT2D eigenvalue weighted by Gasteiger charge is -2.24. The monoisotopic (exact) mass is 212 g/mol. The quantitative estimate of drug-likeness (QED) is 0.658. The lowest BCUT2D eigenvalue weighted by Crippen LogP contribution is -2.33. The van der Waals surface area contributed by atoms with Crippen LogP contribution in [0.3, 0.4) is 0 Å². The first-order chi connectivity index (χ1) is 7.33. The summed E-state index contributed by atoms with van der Waals surface area (Å²) in [6, 6.07) is 0.763. The Morgan fingerprint density at radius 3 is 2.87 bits per heavy atom. The van der Waals surface area contributed by atoms with E-state index >= 15 is 0 Å². The molecular weight excluding hydrogens is 188 g/mol. The summed E-state index contributed by atoms with van der Waals surface area (Å²) in [6.45, 7) is 7.70. The molecule has 2 saturated heterocycles. The zero-order valence-electron chi connectivity index (χ0n) is 9.78. The van der Waals surface area contributed by atoms with Crippen molar-refractivity contribution < 1.29 is 5.11 Å². The summed E-state index contributed by atoms with van der Waals surface area (Å²) in [5.41, 5.74) is 0. The van der Waals surface area contributed by atoms with Gasteiger partial charge in [0.1, 0.15) is 0 Å². The third-order valence-corrected chi connectivity index (χ3v) is 4.16. The minimum absolute atomic E-state index is 0.352. The minimum Gasteiger partial charge on any atom is -0.396 e. The van der Waals surface area contributed by atoms with E-state index < -0.39 is 0 Å². The van der Waals surface area contributed by atoms with E-state index in [0.29, 0.717) is 6.61 Å². The van der Waals surface area contributed by atoms with Gasteiger partial charge in [-0.05, 0) is 57.7 Å². The van der Waals surface area contributed by atoms with Gasteiger partial charge in [0.15, 0.2) is 0 Å². The van der Waals surface area contributed by atoms with Crippen molar-refractivity contribution >= 4 is 0 Å². The van der Waals surface area contributed by atoms with Crippen LogP contribution in [0.25, 0.3) is 0 Å². The number of rotatable bonds is 5. The van der Waals surface area contributed by atoms with Gasteiger partial charge in [-0.3, -0.25) is 4.90 Å². The molecule has 2 rings (SSSR count). The van der Waals surface area contributed by atoms with Gasteiger partial charge in [0.25, 0.3) is 0 Å². The summed E-state index contributed by atoms with van der Waals surface area (Å²) in [5, 5.41) is 12.2. The van der Waals surface area contributed by atoms with Crippen LogP contribution in [-0.2, 0) is 0 Å². The zero-order chi connectivity index (χ0) is 10.7. The van der Waals surface area contributed by atoms with Gasteiger partial charge in [0.2, 0.25) is 0 Å². The molecule has 2 aliphatic heterocycles. The van der Waals surface area contributed by atoms with E-state index in [0.717, 1.165) is 24.3 Å². The van der Waals surface area contributed by atoms with Crippen LogP contribution in [0.5, 0.6) is 0 Å². The molecule has 0 saturated carbocycles. The highest BCUT2D eigenvalue weighted by molar-refractivity contribution is 4.96. The number of aliphatic hydroxyl groups excluding tert-OH is 1. The van der Waals surface area contributed by atoms with E-state index in [1.54, 1.807) is 0 Å². The van der Waals surface area contributed by atoms with Crippen molar-refractivity contribution in [2.75, 3.05) is 32.8 Å². The first kappa shape index (κ1) is 11.4. The van der Waals surface area contributed by atoms with Gasteiger partial charge in [0, 0.05) is 19.2 Å². The molecule has 2 aliphatic rings. The topological polar surface area (TPSA) is 35.5 Å². The van der Waals surface area contributed by atoms with Crippen LogP contribution in [0.15, 0.2) is 0 Å². The Labute approximate surface area is 92.8 Å². The van der Waals surface area contributed by atoms with E-state index in [2.05, 4.69) is 17.1 Å². The van der Waals surface area contributed by atoms with E-state index in [-0.39, 0.29) is 0 Å². The highest BCUT2D eigenvalue weighted by Gasteiger charge is 2.41. The van der Waals surface area contributed by atoms with Crippen LogP contribution in [0.2, 0.25) is 0 Å². The van der Waals surface area contributed by atoms with Crippen LogP contribution in [0, 0.1) is 11.8 Å². The van der Waals surface area contributed by atoms with Gasteiger partial charge in [-0.1, -0.05) is 0 Å². The molecule has 15 heavy (non-hydrogen) atoms. The molecule has 0 aromatic carbocycles. The largest absolute Gasteiger partial charge is 0.396 e. The summed E-state index contributed by atoms with van der Waals surface area (Å²) in [5.74, 6) is 1.79. The molecule has 3 atom stereocenters. The van der Waals surface area contributed by atoms with Gasteiger partial charge in [0.05, 0.1) is 0 Å². The average molecular weight is 212 g/mol. The number of hydrogen-bond donors (Lipinski definition) is 2. The SMILES string of the molecule is CC1C2CNCC2CN1CCCCCO. The maximum absolute atomic E-state index is 8.72. The van der Waals surface area contributed by atoms with Gasteiger partial charge in [-0.2, -0.15) is 0 Å². The van der Waals surface area contributed by atoms with Crippen molar-refractivity contribution in [2.24, 2.45) is 11.8 Å². The maximum atomic E-state index is 8.72. The van der Waals surface area contributed by atoms with Crippen LogP contribution in [0.1, 0.15) is 26.2 Å². The minimum atomic E-state index is 0.352. The van der Waals surface area contributed by atoms with Crippen molar-refractivity contribution in [3.8, 4) is 0 Å². The fourth-order valence-corrected chi connectivity index (χ4v) is 3.15. The van der Waals surface area contributed by atoms with Crippen molar-refractivity contribution in [1.82, 2.24) is 10.2 Å². The molecule has 0 radical (unpaired) electrons. The highest BCUT2D eigenvalue weighted by atomic mass is 16.2. The molecule has 3 unspecified atom stereocenters. The number of nitrogens with one attached hydrogen (secondary N) is 1. The summed E-state index contributed by atoms with van der Waals surface area (Å²) in [7, 11) is 0. The summed E-state index contributed by atoms with van der Waals surface area (Å²) in [6.07, 6.45) is 3.39. The molecule has 0 bridgehead atoms. The molecular formula is C12H24N2O. The predicted molar refractivity (Wildman–Crippen MR) is 61.8 cm³/mol. The fraction of sp³-hybridized carbons (Fsp3) is 1.00. The van der Waals surface area contributed by atoms with Crippen LogP contribution < -0.4 is 5.32 Å². The number of nitrogens with zero attached hydrogens (tertiary/aromatic N) is 1. The van der Waals surface area contributed by atoms with E-state index in [9.17, 15) is 0 Å². The molecule has 0 aromatic heterocycles. The number of fused-ring (bicyclic) bond motifs is 1. The first-order valence-electron chi connectivity index (χ1n) is 6.38. The molecule has 0 amide bonds. The Morgan fingerprint density at radius 2 is 2.13 bits per heavy atom. The zero-order valence-corrected chi connectivity index (χ0v) is 9.78. The Kier molecular flexibility index (Phi) is 4.00. The summed E-state index contributed by atoms with van der Waals surface area (Å²) >= 11 is 0. The highest BCUT2D eigenvalue weighted by Crippen LogP contribution is 2.32. The predicted octanol–water partition coefficient (Wildman–Crippen LogP) is 0.689. The maximum Gasteiger partial charge on any atom is 0.0431 e. The molecule has 3 heteroatoms. The fourth-order valence-electron chi connectivity index (χ4n) is 3.15. The van der Waals surface area contributed by atoms with Crippen LogP contribution in [-0.4, -0.2) is 48.8 Å². The number of hydrogen-bond acceptors (Lipinski definition) is 3. The number of likely N-dealkylation sites (tertiary alicyclic amines) is 1. The Balaban J connectivity index is 1.70. The van der Waals surface area contributed by atoms with Gasteiger partial charge in [-0.25, -0.2) is 0 Å². The Bertz CT molecular complexity index is 198. The smallest absolute Gasteiger partial charge is 0.0431 e. The normalized spacial score (nSPS) is 36.0. The Morgan fingerprint density at radius 1 is 1.27 bits per heavy atom.